The molecular weight excluding hydrogens is 292 g/mol. The van der Waals surface area contributed by atoms with Crippen molar-refractivity contribution >= 4 is 15.9 Å². The SMILES string of the molecule is OCC1(CNCc2cncc(Br)c2)CCCCC1. The molecule has 0 aliphatic heterocycles. The average molecular weight is 313 g/mol. The lowest BCUT2D eigenvalue weighted by Crippen LogP contribution is -2.38. The number of aliphatic hydroxyl groups is 1. The molecule has 0 saturated heterocycles. The predicted molar refractivity (Wildman–Crippen MR) is 76.2 cm³/mol. The minimum absolute atomic E-state index is 0.109. The molecule has 1 aliphatic carbocycles. The number of nitrogens with zero attached hydrogens (tertiary/aromatic N) is 1. The van der Waals surface area contributed by atoms with Gasteiger partial charge in [0.25, 0.3) is 0 Å². The van der Waals surface area contributed by atoms with Gasteiger partial charge in [-0.1, -0.05) is 19.3 Å². The van der Waals surface area contributed by atoms with Gasteiger partial charge >= 0.3 is 0 Å². The molecule has 0 spiro atoms. The highest BCUT2D eigenvalue weighted by molar-refractivity contribution is 9.10. The van der Waals surface area contributed by atoms with E-state index in [0.29, 0.717) is 6.61 Å². The van der Waals surface area contributed by atoms with Gasteiger partial charge in [0, 0.05) is 42.0 Å². The molecule has 0 radical (unpaired) electrons. The summed E-state index contributed by atoms with van der Waals surface area (Å²) in [7, 11) is 0. The highest BCUT2D eigenvalue weighted by Crippen LogP contribution is 2.35. The number of halogens is 1. The van der Waals surface area contributed by atoms with Crippen molar-refractivity contribution in [3.63, 3.8) is 0 Å². The summed E-state index contributed by atoms with van der Waals surface area (Å²) in [6.07, 6.45) is 9.78. The second-order valence-corrected chi connectivity index (χ2v) is 6.25. The van der Waals surface area contributed by atoms with E-state index < -0.39 is 0 Å². The van der Waals surface area contributed by atoms with Gasteiger partial charge in [-0.15, -0.1) is 0 Å². The van der Waals surface area contributed by atoms with E-state index in [-0.39, 0.29) is 5.41 Å². The van der Waals surface area contributed by atoms with E-state index in [4.69, 9.17) is 0 Å². The molecule has 1 heterocycles. The van der Waals surface area contributed by atoms with Crippen LogP contribution in [-0.4, -0.2) is 23.2 Å². The van der Waals surface area contributed by atoms with E-state index in [9.17, 15) is 5.11 Å². The molecule has 100 valence electrons. The van der Waals surface area contributed by atoms with Crippen LogP contribution in [0.15, 0.2) is 22.9 Å². The number of aliphatic hydroxyl groups excluding tert-OH is 1. The van der Waals surface area contributed by atoms with Crippen LogP contribution in [0.1, 0.15) is 37.7 Å². The molecular formula is C14H21BrN2O. The third kappa shape index (κ3) is 3.77. The van der Waals surface area contributed by atoms with E-state index in [2.05, 4.69) is 32.3 Å². The van der Waals surface area contributed by atoms with Crippen molar-refractivity contribution in [1.29, 1.82) is 0 Å². The summed E-state index contributed by atoms with van der Waals surface area (Å²) in [6.45, 7) is 2.01. The van der Waals surface area contributed by atoms with Crippen LogP contribution in [0.5, 0.6) is 0 Å². The quantitative estimate of drug-likeness (QED) is 0.878. The molecule has 0 bridgehead atoms. The molecule has 1 aromatic rings. The topological polar surface area (TPSA) is 45.1 Å². The first-order valence-electron chi connectivity index (χ1n) is 6.65. The number of aromatic nitrogens is 1. The molecule has 3 nitrogen and oxygen atoms in total. The number of pyridine rings is 1. The lowest BCUT2D eigenvalue weighted by molar-refractivity contribution is 0.0810. The molecule has 1 aliphatic rings. The number of rotatable bonds is 5. The summed E-state index contributed by atoms with van der Waals surface area (Å²) in [5.41, 5.74) is 1.28. The molecule has 0 atom stereocenters. The summed E-state index contributed by atoms with van der Waals surface area (Å²) in [4.78, 5) is 4.15. The van der Waals surface area contributed by atoms with Gasteiger partial charge in [0.05, 0.1) is 0 Å². The van der Waals surface area contributed by atoms with Crippen LogP contribution in [0.4, 0.5) is 0 Å². The van der Waals surface area contributed by atoms with E-state index in [1.165, 1.54) is 24.8 Å². The molecule has 18 heavy (non-hydrogen) atoms. The second-order valence-electron chi connectivity index (χ2n) is 5.33. The summed E-state index contributed by atoms with van der Waals surface area (Å²) in [5.74, 6) is 0. The first-order chi connectivity index (χ1) is 8.74. The van der Waals surface area contributed by atoms with Crippen LogP contribution < -0.4 is 5.32 Å². The Morgan fingerprint density at radius 1 is 1.28 bits per heavy atom. The Hall–Kier alpha value is -0.450. The fourth-order valence-electron chi connectivity index (χ4n) is 2.72. The van der Waals surface area contributed by atoms with E-state index in [1.807, 2.05) is 6.20 Å². The summed E-state index contributed by atoms with van der Waals surface area (Å²) < 4.78 is 1.01. The maximum Gasteiger partial charge on any atom is 0.0499 e. The zero-order valence-electron chi connectivity index (χ0n) is 10.7. The Morgan fingerprint density at radius 3 is 2.72 bits per heavy atom. The minimum atomic E-state index is 0.109. The lowest BCUT2D eigenvalue weighted by Gasteiger charge is -2.35. The zero-order chi connectivity index (χ0) is 12.8. The molecule has 1 fully saturated rings. The van der Waals surface area contributed by atoms with Crippen molar-refractivity contribution in [1.82, 2.24) is 10.3 Å². The van der Waals surface area contributed by atoms with Crippen molar-refractivity contribution in [2.24, 2.45) is 5.41 Å². The first-order valence-corrected chi connectivity index (χ1v) is 7.44. The van der Waals surface area contributed by atoms with Crippen molar-refractivity contribution in [2.75, 3.05) is 13.2 Å². The molecule has 0 amide bonds. The van der Waals surface area contributed by atoms with Gasteiger partial charge in [0.1, 0.15) is 0 Å². The normalized spacial score (nSPS) is 18.8. The fourth-order valence-corrected chi connectivity index (χ4v) is 3.13. The van der Waals surface area contributed by atoms with E-state index >= 15 is 0 Å². The largest absolute Gasteiger partial charge is 0.396 e. The monoisotopic (exact) mass is 312 g/mol. The first kappa shape index (κ1) is 14.0. The molecule has 2 N–H and O–H groups in total. The van der Waals surface area contributed by atoms with Gasteiger partial charge in [-0.2, -0.15) is 0 Å². The van der Waals surface area contributed by atoms with Crippen molar-refractivity contribution < 1.29 is 5.11 Å². The third-order valence-corrected chi connectivity index (χ3v) is 4.27. The van der Waals surface area contributed by atoms with E-state index in [0.717, 1.165) is 30.4 Å². The number of nitrogens with one attached hydrogen (secondary N) is 1. The maximum atomic E-state index is 9.62. The molecule has 0 unspecified atom stereocenters. The van der Waals surface area contributed by atoms with Gasteiger partial charge < -0.3 is 10.4 Å². The Labute approximate surface area is 117 Å². The van der Waals surface area contributed by atoms with Crippen LogP contribution in [0, 0.1) is 5.41 Å². The Bertz CT molecular complexity index is 378. The number of hydrogen-bond donors (Lipinski definition) is 2. The van der Waals surface area contributed by atoms with E-state index in [1.54, 1.807) is 6.20 Å². The second kappa shape index (κ2) is 6.64. The third-order valence-electron chi connectivity index (χ3n) is 3.84. The maximum absolute atomic E-state index is 9.62. The lowest BCUT2D eigenvalue weighted by atomic mass is 9.74. The van der Waals surface area contributed by atoms with Gasteiger partial charge in [-0.05, 0) is 40.4 Å². The molecule has 4 heteroatoms. The van der Waals surface area contributed by atoms with Gasteiger partial charge in [-0.25, -0.2) is 0 Å². The van der Waals surface area contributed by atoms with Crippen molar-refractivity contribution in [3.05, 3.63) is 28.5 Å². The zero-order valence-corrected chi connectivity index (χ0v) is 12.2. The number of hydrogen-bond acceptors (Lipinski definition) is 3. The predicted octanol–water partition coefficient (Wildman–Crippen LogP) is 2.88. The van der Waals surface area contributed by atoms with Crippen LogP contribution in [0.2, 0.25) is 0 Å². The van der Waals surface area contributed by atoms with Crippen LogP contribution >= 0.6 is 15.9 Å². The Morgan fingerprint density at radius 2 is 2.06 bits per heavy atom. The van der Waals surface area contributed by atoms with Crippen LogP contribution in [0.25, 0.3) is 0 Å². The Balaban J connectivity index is 1.83. The molecule has 2 rings (SSSR count). The molecule has 0 aromatic carbocycles. The van der Waals surface area contributed by atoms with Gasteiger partial charge in [0.2, 0.25) is 0 Å². The molecule has 1 aromatic heterocycles. The molecule has 1 saturated carbocycles. The van der Waals surface area contributed by atoms with Gasteiger partial charge in [0.15, 0.2) is 0 Å². The minimum Gasteiger partial charge on any atom is -0.396 e. The summed E-state index contributed by atoms with van der Waals surface area (Å²) >= 11 is 3.42. The standard InChI is InChI=1S/C14H21BrN2O/c15-13-6-12(7-16-9-13)8-17-10-14(11-18)4-2-1-3-5-14/h6-7,9,17-18H,1-5,8,10-11H2. The average Bonchev–Trinajstić information content (AvgIpc) is 2.40. The smallest absolute Gasteiger partial charge is 0.0499 e. The van der Waals surface area contributed by atoms with Crippen molar-refractivity contribution in [2.45, 2.75) is 38.6 Å². The van der Waals surface area contributed by atoms with Gasteiger partial charge in [-0.3, -0.25) is 4.98 Å². The highest BCUT2D eigenvalue weighted by Gasteiger charge is 2.30. The van der Waals surface area contributed by atoms with Crippen LogP contribution in [-0.2, 0) is 6.54 Å². The summed E-state index contributed by atoms with van der Waals surface area (Å²) in [5, 5.41) is 13.1. The fraction of sp³-hybridized carbons (Fsp3) is 0.643. The highest BCUT2D eigenvalue weighted by atomic mass is 79.9. The summed E-state index contributed by atoms with van der Waals surface area (Å²) in [6, 6.07) is 2.08. The van der Waals surface area contributed by atoms with Crippen LogP contribution in [0.3, 0.4) is 0 Å². The van der Waals surface area contributed by atoms with Crippen molar-refractivity contribution in [3.8, 4) is 0 Å². The Kier molecular flexibility index (Phi) is 5.15.